The number of benzene rings is 1. The summed E-state index contributed by atoms with van der Waals surface area (Å²) in [5.41, 5.74) is 0.624. The zero-order valence-corrected chi connectivity index (χ0v) is 21.0. The topological polar surface area (TPSA) is 142 Å². The van der Waals surface area contributed by atoms with Crippen molar-refractivity contribution in [1.82, 2.24) is 24.5 Å². The summed E-state index contributed by atoms with van der Waals surface area (Å²) < 4.78 is 32.9. The largest absolute Gasteiger partial charge is 0.467 e. The van der Waals surface area contributed by atoms with Crippen molar-refractivity contribution in [3.05, 3.63) is 47.5 Å². The van der Waals surface area contributed by atoms with Crippen molar-refractivity contribution in [2.75, 3.05) is 33.3 Å². The second-order valence-electron chi connectivity index (χ2n) is 7.83. The Kier molecular flexibility index (Phi) is 7.40. The summed E-state index contributed by atoms with van der Waals surface area (Å²) in [4.78, 5) is 45.3. The predicted molar refractivity (Wildman–Crippen MR) is 128 cm³/mol. The lowest BCUT2D eigenvalue weighted by Gasteiger charge is -2.33. The first-order valence-corrected chi connectivity index (χ1v) is 13.1. The molecule has 2 N–H and O–H groups in total. The fourth-order valence-electron chi connectivity index (χ4n) is 3.66. The molecule has 14 heteroatoms. The molecule has 186 valence electrons. The van der Waals surface area contributed by atoms with E-state index < -0.39 is 33.8 Å². The van der Waals surface area contributed by atoms with Gasteiger partial charge in [0.2, 0.25) is 11.8 Å². The van der Waals surface area contributed by atoms with Gasteiger partial charge in [-0.25, -0.2) is 18.2 Å². The summed E-state index contributed by atoms with van der Waals surface area (Å²) in [7, 11) is -2.68. The summed E-state index contributed by atoms with van der Waals surface area (Å²) in [6.07, 6.45) is 3.11. The van der Waals surface area contributed by atoms with Crippen molar-refractivity contribution >= 4 is 60.8 Å². The number of amides is 2. The molecule has 1 aromatic carbocycles. The first-order chi connectivity index (χ1) is 16.7. The summed E-state index contributed by atoms with van der Waals surface area (Å²) in [6.45, 7) is -0.639. The number of thiophene rings is 1. The van der Waals surface area contributed by atoms with Crippen molar-refractivity contribution < 1.29 is 27.5 Å². The van der Waals surface area contributed by atoms with E-state index in [9.17, 15) is 22.8 Å². The van der Waals surface area contributed by atoms with Gasteiger partial charge in [-0.3, -0.25) is 9.59 Å². The molecule has 1 aliphatic heterocycles. The van der Waals surface area contributed by atoms with Crippen LogP contribution in [0.1, 0.15) is 5.69 Å². The fourth-order valence-corrected chi connectivity index (χ4v) is 6.87. The van der Waals surface area contributed by atoms with E-state index in [-0.39, 0.29) is 36.8 Å². The van der Waals surface area contributed by atoms with Crippen LogP contribution in [0.25, 0.3) is 10.1 Å². The summed E-state index contributed by atoms with van der Waals surface area (Å²) in [5.74, 6) is -1.71. The Bertz CT molecular complexity index is 1360. The number of ether oxygens (including phenoxy) is 1. The van der Waals surface area contributed by atoms with Crippen LogP contribution in [0.2, 0.25) is 5.02 Å². The second kappa shape index (κ2) is 10.3. The molecule has 0 bridgehead atoms. The van der Waals surface area contributed by atoms with E-state index >= 15 is 0 Å². The van der Waals surface area contributed by atoms with E-state index in [0.29, 0.717) is 10.7 Å². The van der Waals surface area contributed by atoms with Gasteiger partial charge in [0.25, 0.3) is 10.0 Å². The Hall–Kier alpha value is -3.00. The third kappa shape index (κ3) is 5.64. The number of aromatic nitrogens is 2. The molecule has 2 amide bonds. The Morgan fingerprint density at radius 3 is 2.80 bits per heavy atom. The number of imidazole rings is 1. The van der Waals surface area contributed by atoms with Crippen LogP contribution in [0.4, 0.5) is 0 Å². The number of aromatic amines is 1. The fraction of sp³-hybridized carbons (Fsp3) is 0.333. The summed E-state index contributed by atoms with van der Waals surface area (Å²) >= 11 is 7.08. The van der Waals surface area contributed by atoms with E-state index in [0.717, 1.165) is 25.7 Å². The van der Waals surface area contributed by atoms with E-state index in [2.05, 4.69) is 15.3 Å². The highest BCUT2D eigenvalue weighted by molar-refractivity contribution is 7.91. The zero-order chi connectivity index (χ0) is 25.2. The van der Waals surface area contributed by atoms with Gasteiger partial charge in [-0.05, 0) is 23.6 Å². The average Bonchev–Trinajstić information content (AvgIpc) is 3.49. The third-order valence-corrected chi connectivity index (χ3v) is 9.10. The molecule has 3 aromatic rings. The normalized spacial score (nSPS) is 15.8. The van der Waals surface area contributed by atoms with Gasteiger partial charge < -0.3 is 19.9 Å². The molecule has 35 heavy (non-hydrogen) atoms. The number of carbonyl (C=O) groups is 3. The first-order valence-electron chi connectivity index (χ1n) is 10.5. The van der Waals surface area contributed by atoms with Crippen molar-refractivity contribution in [3.63, 3.8) is 0 Å². The van der Waals surface area contributed by atoms with Gasteiger partial charge in [0.15, 0.2) is 0 Å². The maximum Gasteiger partial charge on any atom is 0.328 e. The SMILES string of the molecule is COC(=O)[C@H](Cc1cnc[nH]1)NC(=O)CN1CCN(S(=O)(=O)c2cc3ccc(Cl)cc3s2)CC1=O. The van der Waals surface area contributed by atoms with Crippen LogP contribution in [-0.2, 0) is 35.6 Å². The van der Waals surface area contributed by atoms with Crippen LogP contribution >= 0.6 is 22.9 Å². The number of hydrogen-bond donors (Lipinski definition) is 2. The van der Waals surface area contributed by atoms with E-state index in [4.69, 9.17) is 16.3 Å². The number of piperazine rings is 1. The number of nitrogens with zero attached hydrogens (tertiary/aromatic N) is 3. The number of esters is 1. The van der Waals surface area contributed by atoms with Crippen molar-refractivity contribution in [2.24, 2.45) is 0 Å². The molecule has 11 nitrogen and oxygen atoms in total. The van der Waals surface area contributed by atoms with E-state index in [1.165, 1.54) is 24.5 Å². The molecular weight excluding hydrogens is 518 g/mol. The number of sulfonamides is 1. The monoisotopic (exact) mass is 539 g/mol. The van der Waals surface area contributed by atoms with Gasteiger partial charge in [-0.2, -0.15) is 4.31 Å². The highest BCUT2D eigenvalue weighted by atomic mass is 35.5. The highest BCUT2D eigenvalue weighted by Crippen LogP contribution is 2.33. The molecular formula is C21H22ClN5O6S2. The van der Waals surface area contributed by atoms with Gasteiger partial charge >= 0.3 is 5.97 Å². The van der Waals surface area contributed by atoms with Crippen LogP contribution in [0.15, 0.2) is 41.0 Å². The Labute approximate surface area is 210 Å². The molecule has 1 saturated heterocycles. The Morgan fingerprint density at radius 1 is 1.31 bits per heavy atom. The van der Waals surface area contributed by atoms with Gasteiger partial charge in [0, 0.05) is 41.1 Å². The number of hydrogen-bond acceptors (Lipinski definition) is 8. The molecule has 0 unspecified atom stereocenters. The molecule has 1 aliphatic rings. The first kappa shape index (κ1) is 25.1. The summed E-state index contributed by atoms with van der Waals surface area (Å²) in [6, 6.07) is 5.70. The van der Waals surface area contributed by atoms with Gasteiger partial charge in [0.05, 0.1) is 26.5 Å². The number of methoxy groups -OCH3 is 1. The number of H-pyrrole nitrogens is 1. The lowest BCUT2D eigenvalue weighted by molar-refractivity contribution is -0.145. The minimum absolute atomic E-state index is 0.0327. The smallest absolute Gasteiger partial charge is 0.328 e. The van der Waals surface area contributed by atoms with Crippen molar-refractivity contribution in [2.45, 2.75) is 16.7 Å². The maximum absolute atomic E-state index is 13.1. The van der Waals surface area contributed by atoms with E-state index in [1.54, 1.807) is 24.3 Å². The standard InChI is InChI=1S/C21H22ClN5O6S2/c1-33-21(30)16(8-15-9-23-12-24-15)25-18(28)10-26-4-5-27(11-19(26)29)35(31,32)20-6-13-2-3-14(22)7-17(13)34-20/h2-3,6-7,9,12,16H,4-5,8,10-11H2,1H3,(H,23,24)(H,25,28)/t16-/m0/s1. The second-order valence-corrected chi connectivity index (χ2v) is 11.5. The number of carbonyl (C=O) groups excluding carboxylic acids is 3. The van der Waals surface area contributed by atoms with Gasteiger partial charge in [-0.15, -0.1) is 11.3 Å². The molecule has 0 spiro atoms. The molecule has 0 aliphatic carbocycles. The molecule has 4 rings (SSSR count). The molecule has 0 saturated carbocycles. The molecule has 1 atom stereocenters. The summed E-state index contributed by atoms with van der Waals surface area (Å²) in [5, 5.41) is 3.81. The van der Waals surface area contributed by atoms with Gasteiger partial charge in [0.1, 0.15) is 10.3 Å². The van der Waals surface area contributed by atoms with Crippen LogP contribution < -0.4 is 5.32 Å². The van der Waals surface area contributed by atoms with Crippen molar-refractivity contribution in [1.29, 1.82) is 0 Å². The third-order valence-electron chi connectivity index (χ3n) is 5.47. The zero-order valence-electron chi connectivity index (χ0n) is 18.6. The minimum atomic E-state index is -3.89. The Balaban J connectivity index is 1.38. The molecule has 1 fully saturated rings. The lowest BCUT2D eigenvalue weighted by Crippen LogP contribution is -2.55. The molecule has 3 heterocycles. The Morgan fingerprint density at radius 2 is 2.11 bits per heavy atom. The van der Waals surface area contributed by atoms with Crippen LogP contribution in [0.5, 0.6) is 0 Å². The highest BCUT2D eigenvalue weighted by Gasteiger charge is 2.35. The predicted octanol–water partition coefficient (Wildman–Crippen LogP) is 1.01. The van der Waals surface area contributed by atoms with Crippen LogP contribution in [-0.4, -0.2) is 84.7 Å². The molecule has 0 radical (unpaired) electrons. The number of fused-ring (bicyclic) bond motifs is 1. The minimum Gasteiger partial charge on any atom is -0.467 e. The van der Waals surface area contributed by atoms with Crippen LogP contribution in [0.3, 0.4) is 0 Å². The van der Waals surface area contributed by atoms with E-state index in [1.807, 2.05) is 0 Å². The number of halogens is 1. The quantitative estimate of drug-likeness (QED) is 0.407. The number of nitrogens with one attached hydrogen (secondary N) is 2. The molecule has 2 aromatic heterocycles. The van der Waals surface area contributed by atoms with Gasteiger partial charge in [-0.1, -0.05) is 17.7 Å². The number of rotatable bonds is 8. The van der Waals surface area contributed by atoms with Crippen LogP contribution in [0, 0.1) is 0 Å². The lowest BCUT2D eigenvalue weighted by atomic mass is 10.1. The average molecular weight is 540 g/mol. The van der Waals surface area contributed by atoms with Crippen molar-refractivity contribution in [3.8, 4) is 0 Å². The maximum atomic E-state index is 13.1.